The average Bonchev–Trinajstić information content (AvgIpc) is 2.44. The van der Waals surface area contributed by atoms with Gasteiger partial charge in [-0.25, -0.2) is 0 Å². The molecule has 1 fully saturated rings. The number of aliphatic carboxylic acids is 1. The lowest BCUT2D eigenvalue weighted by molar-refractivity contribution is -0.133. The zero-order valence-corrected chi connectivity index (χ0v) is 10.6. The summed E-state index contributed by atoms with van der Waals surface area (Å²) in [7, 11) is -1.60. The van der Waals surface area contributed by atoms with E-state index in [1.807, 2.05) is 0 Å². The van der Waals surface area contributed by atoms with Crippen molar-refractivity contribution in [2.24, 2.45) is 0 Å². The van der Waals surface area contributed by atoms with Crippen LogP contribution in [0.15, 0.2) is 0 Å². The van der Waals surface area contributed by atoms with E-state index in [2.05, 4.69) is 5.32 Å². The molecule has 0 aliphatic heterocycles. The first kappa shape index (κ1) is 14.2. The molecule has 0 bridgehead atoms. The maximum Gasteiger partial charge on any atom is 0.316 e. The zero-order chi connectivity index (χ0) is 12.7. The molecule has 1 atom stereocenters. The molecule has 0 spiro atoms. The molecule has 0 radical (unpaired) electrons. The van der Waals surface area contributed by atoms with E-state index in [1.54, 1.807) is 0 Å². The number of carbonyl (C=O) groups excluding carboxylic acids is 1. The minimum atomic E-state index is -1.60. The molecule has 0 saturated heterocycles. The Kier molecular flexibility index (Phi) is 6.18. The van der Waals surface area contributed by atoms with Crippen LogP contribution in [0, 0.1) is 0 Å². The Hall–Kier alpha value is -0.910. The fraction of sp³-hybridized carbons (Fsp3) is 0.818. The highest BCUT2D eigenvalue weighted by Gasteiger charge is 2.17. The van der Waals surface area contributed by atoms with Gasteiger partial charge in [0.05, 0.1) is 0 Å². The molecule has 1 aliphatic rings. The summed E-state index contributed by atoms with van der Waals surface area (Å²) in [6.45, 7) is 0. The van der Waals surface area contributed by atoms with Gasteiger partial charge in [0.25, 0.3) is 0 Å². The third kappa shape index (κ3) is 6.41. The summed E-state index contributed by atoms with van der Waals surface area (Å²) in [6, 6.07) is 0.173. The van der Waals surface area contributed by atoms with Gasteiger partial charge in [-0.15, -0.1) is 0 Å². The number of amides is 1. The van der Waals surface area contributed by atoms with Crippen molar-refractivity contribution in [3.05, 3.63) is 0 Å². The Morgan fingerprint density at radius 2 is 1.71 bits per heavy atom. The van der Waals surface area contributed by atoms with Crippen molar-refractivity contribution < 1.29 is 18.9 Å². The van der Waals surface area contributed by atoms with Crippen molar-refractivity contribution in [1.29, 1.82) is 0 Å². The number of nitrogens with one attached hydrogen (secondary N) is 1. The lowest BCUT2D eigenvalue weighted by Crippen LogP contribution is -2.37. The Balaban J connectivity index is 2.27. The van der Waals surface area contributed by atoms with Crippen molar-refractivity contribution in [2.45, 2.75) is 44.6 Å². The van der Waals surface area contributed by atoms with E-state index in [4.69, 9.17) is 5.11 Å². The third-order valence-corrected chi connectivity index (χ3v) is 3.95. The van der Waals surface area contributed by atoms with Gasteiger partial charge in [0, 0.05) is 16.8 Å². The first-order valence-electron chi connectivity index (χ1n) is 5.94. The lowest BCUT2D eigenvalue weighted by Gasteiger charge is -2.15. The predicted octanol–water partition coefficient (Wildman–Crippen LogP) is 0.659. The maximum atomic E-state index is 11.5. The van der Waals surface area contributed by atoms with Crippen LogP contribution < -0.4 is 5.32 Å². The van der Waals surface area contributed by atoms with Crippen LogP contribution in [0.1, 0.15) is 38.5 Å². The predicted molar refractivity (Wildman–Crippen MR) is 65.1 cm³/mol. The molecular formula is C11H19NO4S. The summed E-state index contributed by atoms with van der Waals surface area (Å²) in [5.74, 6) is -2.09. The number of carbonyl (C=O) groups is 2. The van der Waals surface area contributed by atoms with Crippen molar-refractivity contribution >= 4 is 22.7 Å². The van der Waals surface area contributed by atoms with Gasteiger partial charge in [0.1, 0.15) is 11.5 Å². The number of rotatable bonds is 5. The van der Waals surface area contributed by atoms with Gasteiger partial charge in [-0.3, -0.25) is 13.8 Å². The topological polar surface area (TPSA) is 83.5 Å². The molecule has 6 heteroatoms. The van der Waals surface area contributed by atoms with Crippen molar-refractivity contribution in [3.8, 4) is 0 Å². The highest BCUT2D eigenvalue weighted by molar-refractivity contribution is 7.86. The fourth-order valence-corrected chi connectivity index (χ4v) is 2.78. The maximum absolute atomic E-state index is 11.5. The molecule has 98 valence electrons. The van der Waals surface area contributed by atoms with Gasteiger partial charge in [-0.05, 0) is 12.8 Å². The Bertz CT molecular complexity index is 298. The van der Waals surface area contributed by atoms with E-state index < -0.39 is 22.5 Å². The van der Waals surface area contributed by atoms with Crippen LogP contribution in [-0.4, -0.2) is 38.7 Å². The van der Waals surface area contributed by atoms with E-state index in [0.29, 0.717) is 0 Å². The lowest BCUT2D eigenvalue weighted by atomic mass is 10.1. The third-order valence-electron chi connectivity index (χ3n) is 2.80. The summed E-state index contributed by atoms with van der Waals surface area (Å²) in [4.78, 5) is 21.8. The molecule has 1 amide bonds. The van der Waals surface area contributed by atoms with Gasteiger partial charge >= 0.3 is 5.97 Å². The first-order valence-corrected chi connectivity index (χ1v) is 7.43. The molecule has 17 heavy (non-hydrogen) atoms. The van der Waals surface area contributed by atoms with Crippen LogP contribution in [0.3, 0.4) is 0 Å². The number of carboxylic acids is 1. The molecule has 0 heterocycles. The van der Waals surface area contributed by atoms with Gasteiger partial charge in [0.15, 0.2) is 0 Å². The van der Waals surface area contributed by atoms with Gasteiger partial charge in [-0.1, -0.05) is 25.7 Å². The van der Waals surface area contributed by atoms with E-state index in [9.17, 15) is 13.8 Å². The summed E-state index contributed by atoms with van der Waals surface area (Å²) >= 11 is 0. The first-order chi connectivity index (χ1) is 8.08. The van der Waals surface area contributed by atoms with Gasteiger partial charge in [-0.2, -0.15) is 0 Å². The highest BCUT2D eigenvalue weighted by atomic mass is 32.2. The van der Waals surface area contributed by atoms with Crippen LogP contribution in [0.5, 0.6) is 0 Å². The molecule has 2 N–H and O–H groups in total. The smallest absolute Gasteiger partial charge is 0.316 e. The SMILES string of the molecule is O=C(O)CS(=O)CC(=O)NC1CCCCCC1. The van der Waals surface area contributed by atoms with Gasteiger partial charge in [0.2, 0.25) is 5.91 Å². The normalized spacial score (nSPS) is 19.3. The summed E-state index contributed by atoms with van der Waals surface area (Å²) < 4.78 is 11.2. The number of hydrogen-bond acceptors (Lipinski definition) is 3. The van der Waals surface area contributed by atoms with Crippen LogP contribution in [0.4, 0.5) is 0 Å². The Morgan fingerprint density at radius 1 is 1.12 bits per heavy atom. The minimum absolute atomic E-state index is 0.173. The van der Waals surface area contributed by atoms with E-state index in [-0.39, 0.29) is 17.7 Å². The molecule has 1 saturated carbocycles. The summed E-state index contributed by atoms with van der Waals surface area (Å²) in [5.41, 5.74) is 0. The van der Waals surface area contributed by atoms with Crippen LogP contribution >= 0.6 is 0 Å². The fourth-order valence-electron chi connectivity index (χ4n) is 2.03. The summed E-state index contributed by atoms with van der Waals surface area (Å²) in [5, 5.41) is 11.3. The second kappa shape index (κ2) is 7.42. The van der Waals surface area contributed by atoms with Crippen molar-refractivity contribution in [2.75, 3.05) is 11.5 Å². The van der Waals surface area contributed by atoms with E-state index in [0.717, 1.165) is 25.7 Å². The second-order valence-corrected chi connectivity index (χ2v) is 5.84. The zero-order valence-electron chi connectivity index (χ0n) is 9.81. The molecule has 1 rings (SSSR count). The molecular weight excluding hydrogens is 242 g/mol. The van der Waals surface area contributed by atoms with Crippen molar-refractivity contribution in [3.63, 3.8) is 0 Å². The highest BCUT2D eigenvalue weighted by Crippen LogP contribution is 2.16. The second-order valence-electron chi connectivity index (χ2n) is 4.38. The molecule has 5 nitrogen and oxygen atoms in total. The molecule has 1 aliphatic carbocycles. The monoisotopic (exact) mass is 261 g/mol. The van der Waals surface area contributed by atoms with E-state index in [1.165, 1.54) is 12.8 Å². The minimum Gasteiger partial charge on any atom is -0.481 e. The number of hydrogen-bond donors (Lipinski definition) is 2. The number of carboxylic acid groups (broad SMARTS) is 1. The Labute approximate surface area is 103 Å². The van der Waals surface area contributed by atoms with Crippen LogP contribution in [0.25, 0.3) is 0 Å². The summed E-state index contributed by atoms with van der Waals surface area (Å²) in [6.07, 6.45) is 6.58. The van der Waals surface area contributed by atoms with Crippen LogP contribution in [-0.2, 0) is 20.4 Å². The molecule has 0 aromatic carbocycles. The van der Waals surface area contributed by atoms with Gasteiger partial charge < -0.3 is 10.4 Å². The van der Waals surface area contributed by atoms with E-state index >= 15 is 0 Å². The van der Waals surface area contributed by atoms with Crippen molar-refractivity contribution in [1.82, 2.24) is 5.32 Å². The standard InChI is InChI=1S/C11H19NO4S/c13-10(7-17(16)8-11(14)15)12-9-5-3-1-2-4-6-9/h9H,1-8H2,(H,12,13)(H,14,15). The molecule has 0 aromatic rings. The Morgan fingerprint density at radius 3 is 2.24 bits per heavy atom. The molecule has 0 aromatic heterocycles. The largest absolute Gasteiger partial charge is 0.481 e. The molecule has 1 unspecified atom stereocenters. The quantitative estimate of drug-likeness (QED) is 0.712. The van der Waals surface area contributed by atoms with Crippen LogP contribution in [0.2, 0.25) is 0 Å². The average molecular weight is 261 g/mol.